The first kappa shape index (κ1) is 17.6. The number of alkyl halides is 3. The van der Waals surface area contributed by atoms with Gasteiger partial charge >= 0.3 is 6.18 Å². The Labute approximate surface area is 140 Å². The van der Waals surface area contributed by atoms with E-state index in [0.717, 1.165) is 6.54 Å². The monoisotopic (exact) mass is 358 g/mol. The molecule has 1 aliphatic heterocycles. The third-order valence-corrected chi connectivity index (χ3v) is 4.12. The SMILES string of the molecule is Fc1cnc(O[C@H](c2ccccc2)[C@@H]2CCNC2)c(F)c1C(F)(F)F. The number of aromatic nitrogens is 1. The highest BCUT2D eigenvalue weighted by molar-refractivity contribution is 5.29. The minimum Gasteiger partial charge on any atom is -0.467 e. The molecular formula is C17H15F5N2O. The number of pyridine rings is 1. The average Bonchev–Trinajstić information content (AvgIpc) is 3.08. The number of halogens is 5. The fourth-order valence-electron chi connectivity index (χ4n) is 2.93. The summed E-state index contributed by atoms with van der Waals surface area (Å²) in [4.78, 5) is 3.40. The molecule has 1 saturated heterocycles. The summed E-state index contributed by atoms with van der Waals surface area (Å²) in [5.41, 5.74) is -1.30. The maximum Gasteiger partial charge on any atom is 0.422 e. The normalized spacial score (nSPS) is 19.0. The van der Waals surface area contributed by atoms with Gasteiger partial charge in [0, 0.05) is 12.5 Å². The maximum atomic E-state index is 14.2. The number of hydrogen-bond donors (Lipinski definition) is 1. The van der Waals surface area contributed by atoms with Crippen LogP contribution in [0.25, 0.3) is 0 Å². The van der Waals surface area contributed by atoms with Crippen molar-refractivity contribution < 1.29 is 26.7 Å². The Hall–Kier alpha value is -2.22. The Morgan fingerprint density at radius 1 is 1.16 bits per heavy atom. The summed E-state index contributed by atoms with van der Waals surface area (Å²) in [6.07, 6.45) is -4.82. The molecule has 25 heavy (non-hydrogen) atoms. The van der Waals surface area contributed by atoms with E-state index in [0.29, 0.717) is 24.7 Å². The summed E-state index contributed by atoms with van der Waals surface area (Å²) >= 11 is 0. The van der Waals surface area contributed by atoms with E-state index >= 15 is 0 Å². The molecule has 1 aromatic heterocycles. The van der Waals surface area contributed by atoms with Crippen molar-refractivity contribution in [3.05, 3.63) is 59.3 Å². The lowest BCUT2D eigenvalue weighted by molar-refractivity contribution is -0.142. The molecule has 0 bridgehead atoms. The zero-order chi connectivity index (χ0) is 18.0. The molecule has 1 aromatic carbocycles. The number of nitrogens with zero attached hydrogens (tertiary/aromatic N) is 1. The summed E-state index contributed by atoms with van der Waals surface area (Å²) in [6, 6.07) is 8.78. The standard InChI is InChI=1S/C17H15F5N2O/c18-12-9-24-16(14(19)13(12)17(20,21)22)25-15(11-6-7-23-8-11)10-4-2-1-3-5-10/h1-5,9,11,15,23H,6-8H2/t11-,15-/m1/s1. The Morgan fingerprint density at radius 3 is 2.48 bits per heavy atom. The van der Waals surface area contributed by atoms with E-state index in [-0.39, 0.29) is 5.92 Å². The van der Waals surface area contributed by atoms with Gasteiger partial charge in [-0.25, -0.2) is 13.8 Å². The molecule has 1 aliphatic rings. The van der Waals surface area contributed by atoms with Gasteiger partial charge in [-0.15, -0.1) is 0 Å². The van der Waals surface area contributed by atoms with Gasteiger partial charge < -0.3 is 10.1 Å². The highest BCUT2D eigenvalue weighted by Gasteiger charge is 2.40. The van der Waals surface area contributed by atoms with Gasteiger partial charge in [-0.05, 0) is 18.5 Å². The van der Waals surface area contributed by atoms with Crippen molar-refractivity contribution in [1.82, 2.24) is 10.3 Å². The molecule has 3 rings (SSSR count). The molecule has 2 atom stereocenters. The van der Waals surface area contributed by atoms with Crippen LogP contribution in [0.2, 0.25) is 0 Å². The molecule has 0 saturated carbocycles. The summed E-state index contributed by atoms with van der Waals surface area (Å²) in [5, 5.41) is 3.13. The van der Waals surface area contributed by atoms with Crippen LogP contribution in [-0.4, -0.2) is 18.1 Å². The van der Waals surface area contributed by atoms with Gasteiger partial charge in [-0.1, -0.05) is 30.3 Å². The van der Waals surface area contributed by atoms with E-state index < -0.39 is 35.4 Å². The molecule has 0 amide bonds. The van der Waals surface area contributed by atoms with E-state index in [9.17, 15) is 22.0 Å². The maximum absolute atomic E-state index is 14.2. The fraction of sp³-hybridized carbons (Fsp3) is 0.353. The molecule has 1 N–H and O–H groups in total. The largest absolute Gasteiger partial charge is 0.467 e. The van der Waals surface area contributed by atoms with Crippen LogP contribution in [0.3, 0.4) is 0 Å². The average molecular weight is 358 g/mol. The molecule has 0 radical (unpaired) electrons. The first-order chi connectivity index (χ1) is 11.9. The van der Waals surface area contributed by atoms with Gasteiger partial charge in [0.25, 0.3) is 5.88 Å². The molecular weight excluding hydrogens is 343 g/mol. The Bertz CT molecular complexity index is 730. The van der Waals surface area contributed by atoms with Crippen LogP contribution < -0.4 is 10.1 Å². The minimum atomic E-state index is -5.17. The second kappa shape index (κ2) is 6.95. The quantitative estimate of drug-likeness (QED) is 0.836. The highest BCUT2D eigenvalue weighted by atomic mass is 19.4. The number of ether oxygens (including phenoxy) is 1. The molecule has 2 heterocycles. The third kappa shape index (κ3) is 3.73. The third-order valence-electron chi connectivity index (χ3n) is 4.12. The van der Waals surface area contributed by atoms with Gasteiger partial charge in [0.1, 0.15) is 11.7 Å². The van der Waals surface area contributed by atoms with Crippen molar-refractivity contribution >= 4 is 0 Å². The lowest BCUT2D eigenvalue weighted by Gasteiger charge is -2.25. The second-order valence-corrected chi connectivity index (χ2v) is 5.80. The van der Waals surface area contributed by atoms with Gasteiger partial charge in [-0.3, -0.25) is 0 Å². The molecule has 3 nitrogen and oxygen atoms in total. The molecule has 134 valence electrons. The number of nitrogens with one attached hydrogen (secondary N) is 1. The van der Waals surface area contributed by atoms with E-state index in [1.807, 2.05) is 0 Å². The molecule has 0 spiro atoms. The Morgan fingerprint density at radius 2 is 1.88 bits per heavy atom. The fourth-order valence-corrected chi connectivity index (χ4v) is 2.93. The van der Waals surface area contributed by atoms with Gasteiger partial charge in [0.15, 0.2) is 11.6 Å². The zero-order valence-electron chi connectivity index (χ0n) is 13.0. The molecule has 1 fully saturated rings. The van der Waals surface area contributed by atoms with Crippen molar-refractivity contribution in [3.8, 4) is 5.88 Å². The topological polar surface area (TPSA) is 34.1 Å². The number of hydrogen-bond acceptors (Lipinski definition) is 3. The molecule has 0 aliphatic carbocycles. The van der Waals surface area contributed by atoms with Crippen molar-refractivity contribution in [1.29, 1.82) is 0 Å². The lowest BCUT2D eigenvalue weighted by Crippen LogP contribution is -2.23. The van der Waals surface area contributed by atoms with Crippen molar-refractivity contribution in [2.75, 3.05) is 13.1 Å². The van der Waals surface area contributed by atoms with Gasteiger partial charge in [0.05, 0.1) is 6.20 Å². The summed E-state index contributed by atoms with van der Waals surface area (Å²) in [5.74, 6) is -4.52. The summed E-state index contributed by atoms with van der Waals surface area (Å²) in [7, 11) is 0. The highest BCUT2D eigenvalue weighted by Crippen LogP contribution is 2.38. The van der Waals surface area contributed by atoms with E-state index in [2.05, 4.69) is 10.3 Å². The molecule has 0 unspecified atom stereocenters. The number of benzene rings is 1. The van der Waals surface area contributed by atoms with Crippen molar-refractivity contribution in [2.24, 2.45) is 5.92 Å². The predicted octanol–water partition coefficient (Wildman–Crippen LogP) is 4.11. The van der Waals surface area contributed by atoms with Crippen molar-refractivity contribution in [3.63, 3.8) is 0 Å². The summed E-state index contributed by atoms with van der Waals surface area (Å²) in [6.45, 7) is 1.30. The van der Waals surface area contributed by atoms with Gasteiger partial charge in [0.2, 0.25) is 0 Å². The Kier molecular flexibility index (Phi) is 4.89. The first-order valence-electron chi connectivity index (χ1n) is 7.71. The van der Waals surface area contributed by atoms with Crippen LogP contribution in [-0.2, 0) is 6.18 Å². The van der Waals surface area contributed by atoms with Crippen molar-refractivity contribution in [2.45, 2.75) is 18.7 Å². The molecule has 2 aromatic rings. The second-order valence-electron chi connectivity index (χ2n) is 5.80. The molecule has 8 heteroatoms. The van der Waals surface area contributed by atoms with Crippen LogP contribution in [0.1, 0.15) is 23.7 Å². The summed E-state index contributed by atoms with van der Waals surface area (Å²) < 4.78 is 71.8. The van der Waals surface area contributed by atoms with Crippen LogP contribution in [0.5, 0.6) is 5.88 Å². The van der Waals surface area contributed by atoms with Gasteiger partial charge in [-0.2, -0.15) is 13.2 Å². The minimum absolute atomic E-state index is 0.0667. The zero-order valence-corrected chi connectivity index (χ0v) is 13.0. The van der Waals surface area contributed by atoms with Crippen LogP contribution in [0, 0.1) is 17.6 Å². The predicted molar refractivity (Wildman–Crippen MR) is 79.9 cm³/mol. The van der Waals surface area contributed by atoms with Crippen LogP contribution in [0.4, 0.5) is 22.0 Å². The van der Waals surface area contributed by atoms with E-state index in [1.165, 1.54) is 0 Å². The van der Waals surface area contributed by atoms with E-state index in [1.54, 1.807) is 30.3 Å². The smallest absolute Gasteiger partial charge is 0.422 e. The number of rotatable bonds is 4. The van der Waals surface area contributed by atoms with Crippen LogP contribution in [0.15, 0.2) is 36.5 Å². The Balaban J connectivity index is 1.98. The van der Waals surface area contributed by atoms with E-state index in [4.69, 9.17) is 4.74 Å². The lowest BCUT2D eigenvalue weighted by atomic mass is 9.95. The first-order valence-corrected chi connectivity index (χ1v) is 7.71. The van der Waals surface area contributed by atoms with Crippen LogP contribution >= 0.6 is 0 Å².